The van der Waals surface area contributed by atoms with Crippen LogP contribution in [0.1, 0.15) is 41.1 Å². The summed E-state index contributed by atoms with van der Waals surface area (Å²) in [5.41, 5.74) is 5.80. The van der Waals surface area contributed by atoms with Crippen LogP contribution in [0.2, 0.25) is 5.02 Å². The van der Waals surface area contributed by atoms with Gasteiger partial charge in [0, 0.05) is 23.6 Å². The molecule has 0 bridgehead atoms. The van der Waals surface area contributed by atoms with E-state index in [1.165, 1.54) is 17.3 Å². The second kappa shape index (κ2) is 10.3. The van der Waals surface area contributed by atoms with E-state index in [9.17, 15) is 9.59 Å². The molecule has 0 radical (unpaired) electrons. The van der Waals surface area contributed by atoms with E-state index in [4.69, 9.17) is 16.7 Å². The number of aryl methyl sites for hydroxylation is 2. The van der Waals surface area contributed by atoms with E-state index in [0.717, 1.165) is 22.4 Å². The number of benzene rings is 3. The third kappa shape index (κ3) is 5.22. The number of thioether (sulfide) groups is 1. The van der Waals surface area contributed by atoms with E-state index >= 15 is 0 Å². The Morgan fingerprint density at radius 2 is 1.83 bits per heavy atom. The lowest BCUT2D eigenvalue weighted by atomic mass is 9.98. The maximum Gasteiger partial charge on any atom is 0.262 e. The molecule has 8 heteroatoms. The Bertz CT molecular complexity index is 1370. The Morgan fingerprint density at radius 3 is 2.56 bits per heavy atom. The van der Waals surface area contributed by atoms with Crippen LogP contribution in [0, 0.1) is 13.8 Å². The first-order valence-corrected chi connectivity index (χ1v) is 13.0. The molecule has 182 valence electrons. The van der Waals surface area contributed by atoms with Crippen molar-refractivity contribution < 1.29 is 9.59 Å². The van der Waals surface area contributed by atoms with Crippen molar-refractivity contribution in [3.63, 3.8) is 0 Å². The summed E-state index contributed by atoms with van der Waals surface area (Å²) >= 11 is 7.46. The van der Waals surface area contributed by atoms with E-state index in [1.807, 2.05) is 36.2 Å². The lowest BCUT2D eigenvalue weighted by molar-refractivity contribution is -0.121. The molecule has 0 aromatic heterocycles. The van der Waals surface area contributed by atoms with Gasteiger partial charge in [0.05, 0.1) is 11.8 Å². The zero-order chi connectivity index (χ0) is 25.2. The third-order valence-corrected chi connectivity index (χ3v) is 7.78. The molecule has 0 saturated heterocycles. The molecule has 3 aromatic rings. The van der Waals surface area contributed by atoms with Crippen LogP contribution in [0.5, 0.6) is 0 Å². The van der Waals surface area contributed by atoms with Gasteiger partial charge in [-0.15, -0.1) is 0 Å². The fourth-order valence-electron chi connectivity index (χ4n) is 4.20. The summed E-state index contributed by atoms with van der Waals surface area (Å²) in [6.45, 7) is 3.95. The molecule has 5 rings (SSSR count). The summed E-state index contributed by atoms with van der Waals surface area (Å²) in [6.07, 6.45) is 0.709. The van der Waals surface area contributed by atoms with Crippen molar-refractivity contribution in [3.05, 3.63) is 100 Å². The van der Waals surface area contributed by atoms with Crippen LogP contribution in [0.3, 0.4) is 0 Å². The molecule has 2 atom stereocenters. The Balaban J connectivity index is 1.33. The van der Waals surface area contributed by atoms with Crippen LogP contribution in [0.25, 0.3) is 0 Å². The first-order chi connectivity index (χ1) is 17.4. The maximum absolute atomic E-state index is 12.8. The highest BCUT2D eigenvalue weighted by Crippen LogP contribution is 2.38. The Kier molecular flexibility index (Phi) is 6.94. The zero-order valence-electron chi connectivity index (χ0n) is 19.9. The maximum atomic E-state index is 12.8. The van der Waals surface area contributed by atoms with Crippen LogP contribution >= 0.6 is 23.4 Å². The predicted octanol–water partition coefficient (Wildman–Crippen LogP) is 6.13. The minimum absolute atomic E-state index is 0.0143. The standard InChI is InChI=1S/C28H25ClN4O2S/c1-17-8-11-19(12-9-17)23-15-24(20-6-4-3-5-7-20)33(32-23)28-31-27(35)25(36-28)16-26(34)30-21-13-10-18(2)22(29)14-21/h3-14,24-25H,15-16H2,1-2H3,(H,30,34)/t24-,25+/m1/s1. The molecule has 0 spiro atoms. The van der Waals surface area contributed by atoms with Gasteiger partial charge in [-0.25, -0.2) is 5.01 Å². The smallest absolute Gasteiger partial charge is 0.262 e. The van der Waals surface area contributed by atoms with Crippen LogP contribution in [0.15, 0.2) is 82.9 Å². The van der Waals surface area contributed by atoms with Gasteiger partial charge in [-0.2, -0.15) is 10.1 Å². The number of hydrogen-bond donors (Lipinski definition) is 1. The van der Waals surface area contributed by atoms with Crippen LogP contribution in [-0.4, -0.2) is 33.0 Å². The normalized spacial score (nSPS) is 19.3. The first-order valence-electron chi connectivity index (χ1n) is 11.7. The Labute approximate surface area is 219 Å². The first kappa shape index (κ1) is 24.3. The van der Waals surface area contributed by atoms with Gasteiger partial charge in [0.25, 0.3) is 5.91 Å². The topological polar surface area (TPSA) is 74.1 Å². The Hall–Kier alpha value is -3.42. The lowest BCUT2D eigenvalue weighted by Gasteiger charge is -2.23. The van der Waals surface area contributed by atoms with Gasteiger partial charge in [0.15, 0.2) is 5.17 Å². The summed E-state index contributed by atoms with van der Waals surface area (Å²) in [4.78, 5) is 29.8. The molecule has 1 N–H and O–H groups in total. The van der Waals surface area contributed by atoms with Crippen molar-refractivity contribution in [2.75, 3.05) is 5.32 Å². The molecule has 6 nitrogen and oxygen atoms in total. The van der Waals surface area contributed by atoms with Crippen LogP contribution < -0.4 is 5.32 Å². The van der Waals surface area contributed by atoms with Crippen LogP contribution in [0.4, 0.5) is 5.69 Å². The average molecular weight is 517 g/mol. The molecule has 36 heavy (non-hydrogen) atoms. The number of rotatable bonds is 5. The fourth-order valence-corrected chi connectivity index (χ4v) is 5.44. The summed E-state index contributed by atoms with van der Waals surface area (Å²) in [6, 6.07) is 23.6. The number of nitrogens with zero attached hydrogens (tertiary/aromatic N) is 3. The number of anilines is 1. The van der Waals surface area contributed by atoms with Crippen molar-refractivity contribution in [3.8, 4) is 0 Å². The summed E-state index contributed by atoms with van der Waals surface area (Å²) in [5.74, 6) is -0.583. The largest absolute Gasteiger partial charge is 0.326 e. The molecular formula is C28H25ClN4O2S. The number of nitrogens with one attached hydrogen (secondary N) is 1. The number of hydrazone groups is 1. The number of amidine groups is 1. The van der Waals surface area contributed by atoms with Gasteiger partial charge >= 0.3 is 0 Å². The van der Waals surface area contributed by atoms with Gasteiger partial charge in [-0.3, -0.25) is 9.59 Å². The highest BCUT2D eigenvalue weighted by Gasteiger charge is 2.39. The molecule has 2 aliphatic rings. The highest BCUT2D eigenvalue weighted by atomic mass is 35.5. The number of halogens is 1. The lowest BCUT2D eigenvalue weighted by Crippen LogP contribution is -2.25. The van der Waals surface area contributed by atoms with Crippen molar-refractivity contribution in [1.82, 2.24) is 5.01 Å². The van der Waals surface area contributed by atoms with Crippen molar-refractivity contribution in [2.24, 2.45) is 10.1 Å². The second-order valence-corrected chi connectivity index (χ2v) is 10.5. The van der Waals surface area contributed by atoms with Gasteiger partial charge < -0.3 is 5.32 Å². The summed E-state index contributed by atoms with van der Waals surface area (Å²) in [7, 11) is 0. The van der Waals surface area contributed by atoms with E-state index in [-0.39, 0.29) is 24.3 Å². The van der Waals surface area contributed by atoms with Gasteiger partial charge in [0.2, 0.25) is 5.91 Å². The molecule has 2 amide bonds. The SMILES string of the molecule is Cc1ccc(C2=NN(C3=NC(=O)[C@H](CC(=O)Nc4ccc(C)c(Cl)c4)S3)[C@@H](c3ccccc3)C2)cc1. The van der Waals surface area contributed by atoms with Crippen molar-refractivity contribution in [2.45, 2.75) is 38.0 Å². The number of amides is 2. The van der Waals surface area contributed by atoms with E-state index in [2.05, 4.69) is 53.6 Å². The van der Waals surface area contributed by atoms with Crippen molar-refractivity contribution >= 4 is 51.7 Å². The summed E-state index contributed by atoms with van der Waals surface area (Å²) < 4.78 is 0. The fraction of sp³-hybridized carbons (Fsp3) is 0.214. The van der Waals surface area contributed by atoms with Gasteiger partial charge in [0.1, 0.15) is 5.25 Å². The van der Waals surface area contributed by atoms with E-state index in [0.29, 0.717) is 22.3 Å². The molecule has 3 aromatic carbocycles. The number of carbonyl (C=O) groups excluding carboxylic acids is 2. The van der Waals surface area contributed by atoms with E-state index < -0.39 is 5.25 Å². The molecule has 2 heterocycles. The van der Waals surface area contributed by atoms with E-state index in [1.54, 1.807) is 12.1 Å². The monoisotopic (exact) mass is 516 g/mol. The quantitative estimate of drug-likeness (QED) is 0.442. The third-order valence-electron chi connectivity index (χ3n) is 6.23. The van der Waals surface area contributed by atoms with Gasteiger partial charge in [-0.1, -0.05) is 89.6 Å². The molecule has 0 unspecified atom stereocenters. The second-order valence-electron chi connectivity index (χ2n) is 8.94. The van der Waals surface area contributed by atoms with Gasteiger partial charge in [-0.05, 0) is 42.7 Å². The van der Waals surface area contributed by atoms with Crippen LogP contribution in [-0.2, 0) is 9.59 Å². The highest BCUT2D eigenvalue weighted by molar-refractivity contribution is 8.15. The summed E-state index contributed by atoms with van der Waals surface area (Å²) in [5, 5.41) is 10.1. The zero-order valence-corrected chi connectivity index (χ0v) is 21.5. The predicted molar refractivity (Wildman–Crippen MR) is 147 cm³/mol. The molecule has 0 aliphatic carbocycles. The molecule has 0 saturated carbocycles. The molecular weight excluding hydrogens is 492 g/mol. The molecule has 2 aliphatic heterocycles. The average Bonchev–Trinajstić information content (AvgIpc) is 3.46. The minimum atomic E-state index is -0.601. The Morgan fingerprint density at radius 1 is 1.08 bits per heavy atom. The van der Waals surface area contributed by atoms with Crippen molar-refractivity contribution in [1.29, 1.82) is 0 Å². The number of carbonyl (C=O) groups is 2. The molecule has 0 fully saturated rings. The minimum Gasteiger partial charge on any atom is -0.326 e. The number of aliphatic imine (C=N–C) groups is 1. The number of hydrogen-bond acceptors (Lipinski definition) is 5.